The van der Waals surface area contributed by atoms with Crippen molar-refractivity contribution >= 4 is 27.3 Å². The molecule has 8 nitrogen and oxygen atoms in total. The van der Waals surface area contributed by atoms with Crippen molar-refractivity contribution in [3.05, 3.63) is 122 Å². The second-order valence-corrected chi connectivity index (χ2v) is 13.6. The summed E-state index contributed by atoms with van der Waals surface area (Å²) < 4.78 is 32.7. The van der Waals surface area contributed by atoms with E-state index in [4.69, 9.17) is 0 Å². The number of ketones is 1. The molecule has 1 aliphatic carbocycles. The molecule has 0 radical (unpaired) electrons. The van der Waals surface area contributed by atoms with Crippen LogP contribution in [-0.4, -0.2) is 43.1 Å². The summed E-state index contributed by atoms with van der Waals surface area (Å²) in [5.74, 6) is -1.43. The zero-order valence-corrected chi connectivity index (χ0v) is 27.8. The van der Waals surface area contributed by atoms with Gasteiger partial charge in [0.2, 0.25) is 0 Å². The third kappa shape index (κ3) is 6.94. The van der Waals surface area contributed by atoms with Crippen LogP contribution in [0, 0.1) is 11.6 Å². The number of thiophene rings is 1. The molecule has 3 heterocycles. The minimum absolute atomic E-state index is 0.127. The van der Waals surface area contributed by atoms with Gasteiger partial charge in [0.1, 0.15) is 22.2 Å². The molecule has 0 unspecified atom stereocenters. The molecule has 48 heavy (non-hydrogen) atoms. The van der Waals surface area contributed by atoms with Crippen molar-refractivity contribution in [1.29, 1.82) is 0 Å². The first-order valence-corrected chi connectivity index (χ1v) is 17.1. The zero-order chi connectivity index (χ0) is 33.9. The van der Waals surface area contributed by atoms with Gasteiger partial charge in [-0.1, -0.05) is 43.3 Å². The van der Waals surface area contributed by atoms with Crippen LogP contribution in [0.5, 0.6) is 0 Å². The molecule has 0 spiro atoms. The molecule has 11 heteroatoms. The van der Waals surface area contributed by atoms with Crippen LogP contribution in [0.2, 0.25) is 0 Å². The summed E-state index contributed by atoms with van der Waals surface area (Å²) in [4.78, 5) is 48.5. The molecule has 1 N–H and O–H groups in total. The van der Waals surface area contributed by atoms with Gasteiger partial charge >= 0.3 is 5.69 Å². The molecule has 1 aliphatic rings. The van der Waals surface area contributed by atoms with Crippen molar-refractivity contribution in [1.82, 2.24) is 19.0 Å². The molecule has 0 aliphatic heterocycles. The van der Waals surface area contributed by atoms with Crippen LogP contribution in [0.1, 0.15) is 67.5 Å². The Morgan fingerprint density at radius 1 is 0.958 bits per heavy atom. The highest BCUT2D eigenvalue weighted by molar-refractivity contribution is 7.22. The first-order valence-electron chi connectivity index (χ1n) is 16.3. The van der Waals surface area contributed by atoms with E-state index in [1.165, 1.54) is 26.5 Å². The second-order valence-electron chi connectivity index (χ2n) is 12.6. The lowest BCUT2D eigenvalue weighted by molar-refractivity contribution is -0.118. The van der Waals surface area contributed by atoms with Gasteiger partial charge in [-0.05, 0) is 73.7 Å². The molecular weight excluding hydrogens is 634 g/mol. The first kappa shape index (κ1) is 33.6. The van der Waals surface area contributed by atoms with E-state index in [1.54, 1.807) is 6.20 Å². The van der Waals surface area contributed by atoms with E-state index in [2.05, 4.69) is 4.98 Å². The van der Waals surface area contributed by atoms with Crippen LogP contribution >= 0.6 is 11.3 Å². The van der Waals surface area contributed by atoms with Crippen LogP contribution in [0.4, 0.5) is 8.78 Å². The number of carbonyl (C=O) groups excluding carboxylic acids is 1. The van der Waals surface area contributed by atoms with Gasteiger partial charge < -0.3 is 5.11 Å². The van der Waals surface area contributed by atoms with E-state index in [9.17, 15) is 19.5 Å². The average Bonchev–Trinajstić information content (AvgIpc) is 3.44. The van der Waals surface area contributed by atoms with Crippen molar-refractivity contribution in [3.63, 3.8) is 0 Å². The van der Waals surface area contributed by atoms with E-state index < -0.39 is 41.6 Å². The van der Waals surface area contributed by atoms with Gasteiger partial charge in [-0.25, -0.2) is 13.6 Å². The quantitative estimate of drug-likeness (QED) is 0.178. The van der Waals surface area contributed by atoms with E-state index in [-0.39, 0.29) is 11.3 Å². The van der Waals surface area contributed by atoms with Gasteiger partial charge in [-0.3, -0.25) is 28.6 Å². The van der Waals surface area contributed by atoms with E-state index in [1.807, 2.05) is 61.3 Å². The van der Waals surface area contributed by atoms with Crippen LogP contribution in [0.15, 0.2) is 76.4 Å². The Hall–Kier alpha value is -4.32. The van der Waals surface area contributed by atoms with E-state index >= 15 is 8.78 Å². The van der Waals surface area contributed by atoms with E-state index in [0.717, 1.165) is 33.8 Å². The largest absolute Gasteiger partial charge is 0.393 e. The topological polar surface area (TPSA) is 97.4 Å². The number of halogens is 2. The average molecular weight is 673 g/mol. The summed E-state index contributed by atoms with van der Waals surface area (Å²) in [7, 11) is 1.92. The number of fused-ring (bicyclic) bond motifs is 1. The number of aromatic nitrogens is 3. The standard InChI is InChI=1S/C37H38F2N4O4S/c1-3-27(44)19-23-10-12-24(13-11-23)34-30(21-41(2)20-25-7-4-5-18-40-25)33-35(46)43(26-14-16-28(45)17-15-26)37(47)42(36(33)48-34)22-29-31(38)8-6-9-32(29)39/h4-13,18,26,28,45H,3,14-17,19-22H2,1-2H3. The Balaban J connectivity index is 1.57. The Kier molecular flexibility index (Phi) is 10.1. The molecule has 3 aromatic heterocycles. The Morgan fingerprint density at radius 2 is 1.67 bits per heavy atom. The highest BCUT2D eigenvalue weighted by Crippen LogP contribution is 2.39. The molecule has 1 fully saturated rings. The molecule has 250 valence electrons. The number of pyridine rings is 1. The summed E-state index contributed by atoms with van der Waals surface area (Å²) in [6.07, 6.45) is 3.72. The molecule has 0 bridgehead atoms. The van der Waals surface area contributed by atoms with Gasteiger partial charge in [-0.2, -0.15) is 0 Å². The number of carbonyl (C=O) groups is 1. The number of aliphatic hydroxyl groups excluding tert-OH is 1. The monoisotopic (exact) mass is 672 g/mol. The first-order chi connectivity index (χ1) is 23.1. The second kappa shape index (κ2) is 14.4. The summed E-state index contributed by atoms with van der Waals surface area (Å²) >= 11 is 1.25. The fraction of sp³-hybridized carbons (Fsp3) is 0.351. The van der Waals surface area contributed by atoms with Crippen LogP contribution in [0.25, 0.3) is 20.7 Å². The summed E-state index contributed by atoms with van der Waals surface area (Å²) in [5.41, 5.74) is 1.86. The summed E-state index contributed by atoms with van der Waals surface area (Å²) in [6, 6.07) is 16.4. The Labute approximate surface area is 280 Å². The van der Waals surface area contributed by atoms with Gasteiger partial charge in [0, 0.05) is 48.6 Å². The van der Waals surface area contributed by atoms with Crippen molar-refractivity contribution in [2.45, 2.75) is 77.2 Å². The molecule has 2 aromatic carbocycles. The van der Waals surface area contributed by atoms with Gasteiger partial charge in [-0.15, -0.1) is 11.3 Å². The summed E-state index contributed by atoms with van der Waals surface area (Å²) in [6.45, 7) is 2.25. The maximum Gasteiger partial charge on any atom is 0.332 e. The molecular formula is C37H38F2N4O4S. The number of nitrogens with zero attached hydrogens (tertiary/aromatic N) is 4. The highest BCUT2D eigenvalue weighted by atomic mass is 32.1. The SMILES string of the molecule is CCC(=O)Cc1ccc(-c2sc3c(c2CN(C)Cc2ccccn2)c(=O)n(C2CCC(O)CC2)c(=O)n3Cc2c(F)cccc2F)cc1. The number of benzene rings is 2. The van der Waals surface area contributed by atoms with Crippen molar-refractivity contribution in [3.8, 4) is 10.4 Å². The van der Waals surface area contributed by atoms with Crippen molar-refractivity contribution < 1.29 is 18.7 Å². The normalized spacial score (nSPS) is 16.5. The number of hydrogen-bond acceptors (Lipinski definition) is 7. The molecule has 1 saturated carbocycles. The highest BCUT2D eigenvalue weighted by Gasteiger charge is 2.29. The minimum Gasteiger partial charge on any atom is -0.393 e. The lowest BCUT2D eigenvalue weighted by Gasteiger charge is -2.27. The van der Waals surface area contributed by atoms with Crippen LogP contribution in [-0.2, 0) is 30.8 Å². The Bertz CT molecular complexity index is 2030. The number of aliphatic hydroxyl groups is 1. The molecule has 6 rings (SSSR count). The van der Waals surface area contributed by atoms with Crippen molar-refractivity contribution in [2.75, 3.05) is 7.05 Å². The maximum absolute atomic E-state index is 15.0. The number of Topliss-reactive ketones (excluding diaryl/α,β-unsaturated/α-hetero) is 1. The molecule has 0 saturated heterocycles. The molecule has 0 atom stereocenters. The summed E-state index contributed by atoms with van der Waals surface area (Å²) in [5, 5.41) is 10.5. The molecule has 5 aromatic rings. The zero-order valence-electron chi connectivity index (χ0n) is 27.0. The van der Waals surface area contributed by atoms with Gasteiger partial charge in [0.15, 0.2) is 0 Å². The van der Waals surface area contributed by atoms with Gasteiger partial charge in [0.05, 0.1) is 23.7 Å². The van der Waals surface area contributed by atoms with E-state index in [0.29, 0.717) is 67.4 Å². The predicted molar refractivity (Wildman–Crippen MR) is 183 cm³/mol. The van der Waals surface area contributed by atoms with Crippen LogP contribution in [0.3, 0.4) is 0 Å². The predicted octanol–water partition coefficient (Wildman–Crippen LogP) is 6.24. The third-order valence-corrected chi connectivity index (χ3v) is 10.4. The number of rotatable bonds is 11. The maximum atomic E-state index is 15.0. The smallest absolute Gasteiger partial charge is 0.332 e. The fourth-order valence-electron chi connectivity index (χ4n) is 6.51. The van der Waals surface area contributed by atoms with Crippen molar-refractivity contribution in [2.24, 2.45) is 0 Å². The minimum atomic E-state index is -0.780. The Morgan fingerprint density at radius 3 is 2.31 bits per heavy atom. The van der Waals surface area contributed by atoms with Gasteiger partial charge in [0.25, 0.3) is 5.56 Å². The lowest BCUT2D eigenvalue weighted by Crippen LogP contribution is -2.43. The number of hydrogen-bond donors (Lipinski definition) is 1. The fourth-order valence-corrected chi connectivity index (χ4v) is 7.81. The third-order valence-electron chi connectivity index (χ3n) is 9.11. The van der Waals surface area contributed by atoms with Crippen LogP contribution < -0.4 is 11.2 Å². The molecule has 0 amide bonds. The lowest BCUT2D eigenvalue weighted by atomic mass is 9.93.